The van der Waals surface area contributed by atoms with E-state index >= 15 is 0 Å². The van der Waals surface area contributed by atoms with Crippen LogP contribution in [0.3, 0.4) is 0 Å². The van der Waals surface area contributed by atoms with Gasteiger partial charge in [-0.25, -0.2) is 4.39 Å². The van der Waals surface area contributed by atoms with Crippen LogP contribution >= 0.6 is 0 Å². The monoisotopic (exact) mass is 427 g/mol. The number of likely N-dealkylation sites (tertiary alicyclic amines) is 1. The van der Waals surface area contributed by atoms with Crippen LogP contribution in [0, 0.1) is 11.2 Å². The molecule has 2 aliphatic heterocycles. The summed E-state index contributed by atoms with van der Waals surface area (Å²) < 4.78 is 25.2. The molecular weight excluding hydrogens is 397 g/mol. The minimum atomic E-state index is -0.591. The van der Waals surface area contributed by atoms with E-state index in [1.807, 2.05) is 29.2 Å². The number of aliphatic hydroxyl groups excluding tert-OH is 1. The summed E-state index contributed by atoms with van der Waals surface area (Å²) in [6, 6.07) is 12.3. The number of carbonyl (C=O) groups is 1. The van der Waals surface area contributed by atoms with Crippen molar-refractivity contribution in [1.29, 1.82) is 0 Å². The second-order valence-electron chi connectivity index (χ2n) is 8.62. The minimum absolute atomic E-state index is 0.0931. The Hall–Kier alpha value is -2.44. The summed E-state index contributed by atoms with van der Waals surface area (Å²) in [6.45, 7) is 2.14. The molecule has 2 aliphatic rings. The molecule has 0 bridgehead atoms. The first-order valence-electron chi connectivity index (χ1n) is 11.0. The Morgan fingerprint density at radius 1 is 1.23 bits per heavy atom. The summed E-state index contributed by atoms with van der Waals surface area (Å²) in [5.74, 6) is 0.362. The Labute approximate surface area is 182 Å². The Balaban J connectivity index is 1.71. The maximum absolute atomic E-state index is 14.1. The van der Waals surface area contributed by atoms with E-state index in [2.05, 4.69) is 0 Å². The molecule has 0 unspecified atom stereocenters. The summed E-state index contributed by atoms with van der Waals surface area (Å²) >= 11 is 0. The van der Waals surface area contributed by atoms with Crippen molar-refractivity contribution in [1.82, 2.24) is 4.90 Å². The van der Waals surface area contributed by atoms with Crippen LogP contribution in [0.2, 0.25) is 0 Å². The maximum atomic E-state index is 14.1. The number of carbonyl (C=O) groups excluding carboxylic acids is 1. The number of rotatable bonds is 5. The number of aliphatic hydroxyl groups is 1. The average molecular weight is 428 g/mol. The van der Waals surface area contributed by atoms with Gasteiger partial charge >= 0.3 is 0 Å². The smallest absolute Gasteiger partial charge is 0.229 e. The number of benzene rings is 2. The molecule has 1 amide bonds. The quantitative estimate of drug-likeness (QED) is 0.788. The third kappa shape index (κ3) is 4.60. The third-order valence-electron chi connectivity index (χ3n) is 6.59. The molecule has 0 aromatic heterocycles. The second-order valence-corrected chi connectivity index (χ2v) is 8.62. The molecule has 166 valence electrons. The standard InChI is InChI=1S/C25H30FNO4/c1-30-23-9-8-19(26)15-22(23)21-7-3-2-5-18(21)16-25(10-13-31-14-11-25)24(29)27-12-4-6-20(28)17-27/h2-3,5,7-9,15,20,28H,4,6,10-14,16-17H2,1H3/t20-/m1/s1. The number of piperidine rings is 1. The van der Waals surface area contributed by atoms with Gasteiger partial charge in [-0.3, -0.25) is 4.79 Å². The van der Waals surface area contributed by atoms with Crippen LogP contribution in [-0.2, 0) is 16.0 Å². The van der Waals surface area contributed by atoms with Gasteiger partial charge in [-0.05, 0) is 61.4 Å². The molecule has 2 saturated heterocycles. The van der Waals surface area contributed by atoms with E-state index in [4.69, 9.17) is 9.47 Å². The number of hydrogen-bond donors (Lipinski definition) is 1. The Kier molecular flexibility index (Phi) is 6.58. The van der Waals surface area contributed by atoms with Crippen molar-refractivity contribution in [3.05, 3.63) is 53.8 Å². The lowest BCUT2D eigenvalue weighted by Gasteiger charge is -2.42. The van der Waals surface area contributed by atoms with Crippen molar-refractivity contribution >= 4 is 5.91 Å². The SMILES string of the molecule is COc1ccc(F)cc1-c1ccccc1CC1(C(=O)N2CCC[C@@H](O)C2)CCOCC1. The molecule has 0 aliphatic carbocycles. The van der Waals surface area contributed by atoms with E-state index < -0.39 is 11.5 Å². The lowest BCUT2D eigenvalue weighted by Crippen LogP contribution is -2.52. The van der Waals surface area contributed by atoms with E-state index in [0.717, 1.165) is 24.0 Å². The van der Waals surface area contributed by atoms with Gasteiger partial charge < -0.3 is 19.5 Å². The molecule has 1 N–H and O–H groups in total. The van der Waals surface area contributed by atoms with Crippen molar-refractivity contribution in [3.63, 3.8) is 0 Å². The third-order valence-corrected chi connectivity index (χ3v) is 6.59. The van der Waals surface area contributed by atoms with Gasteiger partial charge in [0.25, 0.3) is 0 Å². The average Bonchev–Trinajstić information content (AvgIpc) is 2.79. The number of nitrogens with zero attached hydrogens (tertiary/aromatic N) is 1. The first-order chi connectivity index (χ1) is 15.0. The number of hydrogen-bond acceptors (Lipinski definition) is 4. The predicted octanol–water partition coefficient (Wildman–Crippen LogP) is 3.82. The van der Waals surface area contributed by atoms with Crippen LogP contribution in [-0.4, -0.2) is 55.4 Å². The van der Waals surface area contributed by atoms with Gasteiger partial charge in [0.05, 0.1) is 18.6 Å². The Bertz CT molecular complexity index is 925. The second kappa shape index (κ2) is 9.37. The lowest BCUT2D eigenvalue weighted by molar-refractivity contribution is -0.151. The lowest BCUT2D eigenvalue weighted by atomic mass is 9.72. The molecule has 1 atom stereocenters. The fourth-order valence-electron chi connectivity index (χ4n) is 4.90. The van der Waals surface area contributed by atoms with Gasteiger partial charge in [0.2, 0.25) is 5.91 Å². The molecule has 5 nitrogen and oxygen atoms in total. The van der Waals surface area contributed by atoms with Crippen molar-refractivity contribution < 1.29 is 23.8 Å². The molecular formula is C25H30FNO4. The summed E-state index contributed by atoms with van der Waals surface area (Å²) in [7, 11) is 1.57. The van der Waals surface area contributed by atoms with Crippen LogP contribution in [0.4, 0.5) is 4.39 Å². The zero-order valence-electron chi connectivity index (χ0n) is 18.0. The molecule has 0 spiro atoms. The normalized spacial score (nSPS) is 21.0. The van der Waals surface area contributed by atoms with Crippen molar-refractivity contribution in [2.75, 3.05) is 33.4 Å². The van der Waals surface area contributed by atoms with Crippen LogP contribution in [0.15, 0.2) is 42.5 Å². The van der Waals surface area contributed by atoms with E-state index in [-0.39, 0.29) is 11.7 Å². The maximum Gasteiger partial charge on any atom is 0.229 e. The number of halogens is 1. The van der Waals surface area contributed by atoms with Crippen molar-refractivity contribution in [3.8, 4) is 16.9 Å². The molecule has 2 aromatic rings. The summed E-state index contributed by atoms with van der Waals surface area (Å²) in [6.07, 6.45) is 2.90. The summed E-state index contributed by atoms with van der Waals surface area (Å²) in [5, 5.41) is 10.1. The molecule has 2 heterocycles. The topological polar surface area (TPSA) is 59.0 Å². The van der Waals surface area contributed by atoms with Gasteiger partial charge in [0, 0.05) is 31.9 Å². The first-order valence-corrected chi connectivity index (χ1v) is 11.0. The van der Waals surface area contributed by atoms with E-state index in [1.165, 1.54) is 12.1 Å². The van der Waals surface area contributed by atoms with E-state index in [1.54, 1.807) is 13.2 Å². The molecule has 6 heteroatoms. The van der Waals surface area contributed by atoms with Gasteiger partial charge in [0.15, 0.2) is 0 Å². The van der Waals surface area contributed by atoms with Gasteiger partial charge in [0.1, 0.15) is 11.6 Å². The number of methoxy groups -OCH3 is 1. The Morgan fingerprint density at radius 3 is 2.74 bits per heavy atom. The van der Waals surface area contributed by atoms with E-state index in [9.17, 15) is 14.3 Å². The molecule has 2 fully saturated rings. The number of amides is 1. The minimum Gasteiger partial charge on any atom is -0.496 e. The van der Waals surface area contributed by atoms with Gasteiger partial charge in [-0.15, -0.1) is 0 Å². The zero-order chi connectivity index (χ0) is 21.8. The van der Waals surface area contributed by atoms with Crippen LogP contribution < -0.4 is 4.74 Å². The Morgan fingerprint density at radius 2 is 2.00 bits per heavy atom. The molecule has 2 aromatic carbocycles. The fraction of sp³-hybridized carbons (Fsp3) is 0.480. The fourth-order valence-corrected chi connectivity index (χ4v) is 4.90. The molecule has 4 rings (SSSR count). The largest absolute Gasteiger partial charge is 0.496 e. The molecule has 0 radical (unpaired) electrons. The zero-order valence-corrected chi connectivity index (χ0v) is 18.0. The number of ether oxygens (including phenoxy) is 2. The van der Waals surface area contributed by atoms with Crippen LogP contribution in [0.5, 0.6) is 5.75 Å². The first kappa shape index (κ1) is 21.8. The predicted molar refractivity (Wildman–Crippen MR) is 116 cm³/mol. The van der Waals surface area contributed by atoms with Gasteiger partial charge in [-0.2, -0.15) is 0 Å². The number of β-amino-alcohol motifs (C(OH)–C–C–N with tert-alkyl or cyclic N) is 1. The molecule has 0 saturated carbocycles. The van der Waals surface area contributed by atoms with Crippen molar-refractivity contribution in [2.45, 2.75) is 38.2 Å². The summed E-state index contributed by atoms with van der Waals surface area (Å²) in [4.78, 5) is 15.5. The van der Waals surface area contributed by atoms with Crippen LogP contribution in [0.1, 0.15) is 31.2 Å². The van der Waals surface area contributed by atoms with Gasteiger partial charge in [-0.1, -0.05) is 24.3 Å². The highest BCUT2D eigenvalue weighted by molar-refractivity contribution is 5.84. The van der Waals surface area contributed by atoms with E-state index in [0.29, 0.717) is 56.9 Å². The highest BCUT2D eigenvalue weighted by Crippen LogP contribution is 2.41. The van der Waals surface area contributed by atoms with Crippen LogP contribution in [0.25, 0.3) is 11.1 Å². The summed E-state index contributed by atoms with van der Waals surface area (Å²) in [5.41, 5.74) is 1.95. The molecule has 31 heavy (non-hydrogen) atoms. The van der Waals surface area contributed by atoms with Crippen molar-refractivity contribution in [2.24, 2.45) is 5.41 Å². The highest BCUT2D eigenvalue weighted by atomic mass is 19.1. The highest BCUT2D eigenvalue weighted by Gasteiger charge is 2.43.